The van der Waals surface area contributed by atoms with Gasteiger partial charge in [-0.15, -0.1) is 10.2 Å². The summed E-state index contributed by atoms with van der Waals surface area (Å²) < 4.78 is 0. The molecule has 3 N–H and O–H groups in total. The van der Waals surface area contributed by atoms with Gasteiger partial charge < -0.3 is 16.0 Å². The first-order valence-electron chi connectivity index (χ1n) is 9.45. The lowest BCUT2D eigenvalue weighted by atomic mass is 10.1. The van der Waals surface area contributed by atoms with Gasteiger partial charge in [-0.2, -0.15) is 0 Å². The molecule has 30 heavy (non-hydrogen) atoms. The molecular weight excluding hydrogens is 402 g/mol. The second kappa shape index (κ2) is 8.83. The smallest absolute Gasteiger partial charge is 0.254 e. The second-order valence-corrected chi connectivity index (χ2v) is 7.86. The van der Waals surface area contributed by atoms with Crippen LogP contribution in [0.1, 0.15) is 27.3 Å². The van der Waals surface area contributed by atoms with E-state index in [0.29, 0.717) is 16.4 Å². The van der Waals surface area contributed by atoms with E-state index in [4.69, 9.17) is 0 Å². The molecule has 1 aromatic heterocycles. The third-order valence-corrected chi connectivity index (χ3v) is 5.52. The number of amides is 3. The van der Waals surface area contributed by atoms with Gasteiger partial charge in [-0.1, -0.05) is 53.8 Å². The predicted molar refractivity (Wildman–Crippen MR) is 113 cm³/mol. The number of para-hydroxylation sites is 1. The molecule has 0 unspecified atom stereocenters. The van der Waals surface area contributed by atoms with Crippen molar-refractivity contribution in [2.24, 2.45) is 0 Å². The van der Waals surface area contributed by atoms with Crippen molar-refractivity contribution in [2.45, 2.75) is 25.3 Å². The van der Waals surface area contributed by atoms with Gasteiger partial charge in [-0.25, -0.2) is 0 Å². The lowest BCUT2D eigenvalue weighted by Crippen LogP contribution is -2.43. The number of anilines is 2. The normalized spacial score (nSPS) is 15.5. The molecule has 9 heteroatoms. The van der Waals surface area contributed by atoms with Crippen LogP contribution < -0.4 is 16.0 Å². The first-order valence-corrected chi connectivity index (χ1v) is 10.3. The lowest BCUT2D eigenvalue weighted by molar-refractivity contribution is -0.122. The van der Waals surface area contributed by atoms with Crippen LogP contribution in [0.5, 0.6) is 0 Å². The SMILES string of the molecule is O=C(C[C@H]1NC(=O)c2ccccc2NC1=O)Nc1nnc(CCc2ccccc2)s1. The van der Waals surface area contributed by atoms with Crippen LogP contribution in [0.25, 0.3) is 0 Å². The summed E-state index contributed by atoms with van der Waals surface area (Å²) in [6.07, 6.45) is 1.35. The number of aromatic nitrogens is 2. The second-order valence-electron chi connectivity index (χ2n) is 6.80. The van der Waals surface area contributed by atoms with Crippen molar-refractivity contribution >= 4 is 39.9 Å². The topological polar surface area (TPSA) is 113 Å². The molecule has 8 nitrogen and oxygen atoms in total. The van der Waals surface area contributed by atoms with Gasteiger partial charge in [0.05, 0.1) is 17.7 Å². The van der Waals surface area contributed by atoms with Gasteiger partial charge in [0.2, 0.25) is 16.9 Å². The van der Waals surface area contributed by atoms with Gasteiger partial charge in [0.15, 0.2) is 0 Å². The molecule has 0 saturated carbocycles. The van der Waals surface area contributed by atoms with Crippen molar-refractivity contribution in [2.75, 3.05) is 10.6 Å². The van der Waals surface area contributed by atoms with E-state index in [1.165, 1.54) is 16.9 Å². The van der Waals surface area contributed by atoms with Gasteiger partial charge in [-0.3, -0.25) is 14.4 Å². The summed E-state index contributed by atoms with van der Waals surface area (Å²) in [5.41, 5.74) is 1.99. The zero-order chi connectivity index (χ0) is 20.9. The van der Waals surface area contributed by atoms with E-state index in [9.17, 15) is 14.4 Å². The number of carbonyl (C=O) groups excluding carboxylic acids is 3. The van der Waals surface area contributed by atoms with Gasteiger partial charge in [0, 0.05) is 6.42 Å². The maximum absolute atomic E-state index is 12.4. The number of rotatable bonds is 6. The quantitative estimate of drug-likeness (QED) is 0.566. The monoisotopic (exact) mass is 421 g/mol. The van der Waals surface area contributed by atoms with Gasteiger partial charge in [0.25, 0.3) is 5.91 Å². The fraction of sp³-hybridized carbons (Fsp3) is 0.190. The lowest BCUT2D eigenvalue weighted by Gasteiger charge is -2.13. The summed E-state index contributed by atoms with van der Waals surface area (Å²) >= 11 is 1.30. The Kier molecular flexibility index (Phi) is 5.80. The molecule has 1 aliphatic rings. The summed E-state index contributed by atoms with van der Waals surface area (Å²) in [4.78, 5) is 37.1. The molecule has 0 bridgehead atoms. The predicted octanol–water partition coefficient (Wildman–Crippen LogP) is 2.40. The molecule has 4 rings (SSSR count). The zero-order valence-electron chi connectivity index (χ0n) is 15.9. The van der Waals surface area contributed by atoms with E-state index in [2.05, 4.69) is 26.1 Å². The summed E-state index contributed by atoms with van der Waals surface area (Å²) in [6, 6.07) is 15.8. The molecule has 0 radical (unpaired) electrons. The van der Waals surface area contributed by atoms with E-state index in [0.717, 1.165) is 17.8 Å². The third kappa shape index (κ3) is 4.69. The molecule has 3 aromatic rings. The van der Waals surface area contributed by atoms with Crippen LogP contribution in [-0.4, -0.2) is 34.0 Å². The summed E-state index contributed by atoms with van der Waals surface area (Å²) in [6.45, 7) is 0. The maximum atomic E-state index is 12.4. The highest BCUT2D eigenvalue weighted by molar-refractivity contribution is 7.15. The van der Waals surface area contributed by atoms with Crippen LogP contribution in [0.4, 0.5) is 10.8 Å². The zero-order valence-corrected chi connectivity index (χ0v) is 16.7. The van der Waals surface area contributed by atoms with E-state index in [-0.39, 0.29) is 6.42 Å². The Morgan fingerprint density at radius 1 is 1.00 bits per heavy atom. The fourth-order valence-electron chi connectivity index (χ4n) is 3.11. The van der Waals surface area contributed by atoms with Crippen LogP contribution in [0.2, 0.25) is 0 Å². The Bertz CT molecular complexity index is 1080. The summed E-state index contributed by atoms with van der Waals surface area (Å²) in [5.74, 6) is -1.27. The number of aryl methyl sites for hydroxylation is 2. The Balaban J connectivity index is 1.33. The van der Waals surface area contributed by atoms with Crippen LogP contribution in [0, 0.1) is 0 Å². The van der Waals surface area contributed by atoms with E-state index in [1.54, 1.807) is 24.3 Å². The summed E-state index contributed by atoms with van der Waals surface area (Å²) in [7, 11) is 0. The first kappa shape index (κ1) is 19.7. The van der Waals surface area contributed by atoms with Crippen molar-refractivity contribution in [3.05, 3.63) is 70.7 Å². The van der Waals surface area contributed by atoms with Crippen molar-refractivity contribution in [1.29, 1.82) is 0 Å². The van der Waals surface area contributed by atoms with Crippen molar-refractivity contribution in [3.8, 4) is 0 Å². The molecule has 1 aliphatic heterocycles. The third-order valence-electron chi connectivity index (χ3n) is 4.62. The van der Waals surface area contributed by atoms with Crippen LogP contribution >= 0.6 is 11.3 Å². The molecule has 0 spiro atoms. The van der Waals surface area contributed by atoms with Gasteiger partial charge >= 0.3 is 0 Å². The highest BCUT2D eigenvalue weighted by Gasteiger charge is 2.29. The molecule has 2 heterocycles. The Morgan fingerprint density at radius 3 is 2.60 bits per heavy atom. The minimum Gasteiger partial charge on any atom is -0.340 e. The number of carbonyl (C=O) groups is 3. The highest BCUT2D eigenvalue weighted by atomic mass is 32.1. The standard InChI is InChI=1S/C21H19N5O3S/c27-17(12-16-20(29)22-15-9-5-4-8-14(15)19(28)23-16)24-21-26-25-18(30-21)11-10-13-6-2-1-3-7-13/h1-9,16H,10-12H2,(H,22,29)(H,23,28)(H,24,26,27)/t16-/m1/s1. The Morgan fingerprint density at radius 2 is 1.77 bits per heavy atom. The number of hydrogen-bond acceptors (Lipinski definition) is 6. The minimum absolute atomic E-state index is 0.204. The molecule has 0 saturated heterocycles. The largest absolute Gasteiger partial charge is 0.340 e. The van der Waals surface area contributed by atoms with Gasteiger partial charge in [-0.05, 0) is 24.1 Å². The number of hydrogen-bond donors (Lipinski definition) is 3. The van der Waals surface area contributed by atoms with Gasteiger partial charge in [0.1, 0.15) is 11.0 Å². The average molecular weight is 421 g/mol. The number of benzene rings is 2. The molecule has 3 amide bonds. The number of nitrogens with one attached hydrogen (secondary N) is 3. The molecular formula is C21H19N5O3S. The number of fused-ring (bicyclic) bond motifs is 1. The van der Waals surface area contributed by atoms with Crippen LogP contribution in [-0.2, 0) is 22.4 Å². The Hall–Kier alpha value is -3.59. The van der Waals surface area contributed by atoms with Crippen molar-refractivity contribution in [3.63, 3.8) is 0 Å². The summed E-state index contributed by atoms with van der Waals surface area (Å²) in [5, 5.41) is 17.2. The van der Waals surface area contributed by atoms with Crippen LogP contribution in [0.3, 0.4) is 0 Å². The molecule has 1 atom stereocenters. The fourth-order valence-corrected chi connectivity index (χ4v) is 3.87. The highest BCUT2D eigenvalue weighted by Crippen LogP contribution is 2.20. The van der Waals surface area contributed by atoms with Crippen LogP contribution in [0.15, 0.2) is 54.6 Å². The van der Waals surface area contributed by atoms with E-state index < -0.39 is 23.8 Å². The maximum Gasteiger partial charge on any atom is 0.254 e. The first-order chi connectivity index (χ1) is 14.6. The molecule has 152 valence electrons. The minimum atomic E-state index is -0.977. The average Bonchev–Trinajstić information content (AvgIpc) is 3.15. The molecule has 0 aliphatic carbocycles. The van der Waals surface area contributed by atoms with Crippen molar-refractivity contribution in [1.82, 2.24) is 15.5 Å². The Labute approximate surface area is 176 Å². The number of nitrogens with zero attached hydrogens (tertiary/aromatic N) is 2. The van der Waals surface area contributed by atoms with Crippen molar-refractivity contribution < 1.29 is 14.4 Å². The molecule has 0 fully saturated rings. The van der Waals surface area contributed by atoms with E-state index >= 15 is 0 Å². The molecule has 2 aromatic carbocycles. The van der Waals surface area contributed by atoms with E-state index in [1.807, 2.05) is 30.3 Å².